The van der Waals surface area contributed by atoms with Crippen LogP contribution in [-0.4, -0.2) is 55.1 Å². The van der Waals surface area contributed by atoms with Gasteiger partial charge in [0.1, 0.15) is 11.5 Å². The van der Waals surface area contributed by atoms with Crippen LogP contribution in [0.3, 0.4) is 0 Å². The van der Waals surface area contributed by atoms with Gasteiger partial charge in [0.2, 0.25) is 0 Å². The summed E-state index contributed by atoms with van der Waals surface area (Å²) in [6, 6.07) is 6.81. The number of benzene rings is 1. The first-order chi connectivity index (χ1) is 22.3. The second-order valence-electron chi connectivity index (χ2n) is 12.0. The van der Waals surface area contributed by atoms with E-state index in [9.17, 15) is 39.6 Å². The molecule has 0 N–H and O–H groups in total. The summed E-state index contributed by atoms with van der Waals surface area (Å²) in [5.41, 5.74) is -0.658. The molecule has 2 saturated carbocycles. The lowest BCUT2D eigenvalue weighted by molar-refractivity contribution is -0.137. The van der Waals surface area contributed by atoms with Crippen molar-refractivity contribution >= 4 is 21.9 Å². The van der Waals surface area contributed by atoms with Crippen molar-refractivity contribution in [2.75, 3.05) is 0 Å². The molecule has 16 heteroatoms. The van der Waals surface area contributed by atoms with Crippen LogP contribution in [0.25, 0.3) is 11.8 Å². The number of alkyl halides is 5. The first-order valence-corrected chi connectivity index (χ1v) is 16.2. The number of rotatable bonds is 8. The van der Waals surface area contributed by atoms with Gasteiger partial charge in [0.05, 0.1) is 28.6 Å². The molecule has 3 aliphatic rings. The maximum atomic E-state index is 14.5. The summed E-state index contributed by atoms with van der Waals surface area (Å²) in [5.74, 6) is -1.14. The lowest BCUT2D eigenvalue weighted by Crippen LogP contribution is -2.51. The third-order valence-corrected chi connectivity index (χ3v) is 11.0. The molecular weight excluding hydrogens is 650 g/mol. The van der Waals surface area contributed by atoms with E-state index < -0.39 is 68.1 Å². The SMILES string of the molecule is O=C(c1cc(C(F)(F)F)ccn1)[C@]12Cc3cnn(-c4ccc(F)cc4)c3C=C1CC[C@H](N(C1CC1)S(=O)(=O)c1ccn(C(F)F)n1)C2. The minimum absolute atomic E-state index is 0.0127. The largest absolute Gasteiger partial charge is 0.416 e. The number of pyridine rings is 1. The normalized spacial score (nSPS) is 21.4. The van der Waals surface area contributed by atoms with Crippen molar-refractivity contribution in [1.29, 1.82) is 0 Å². The molecule has 3 aromatic heterocycles. The van der Waals surface area contributed by atoms with Crippen LogP contribution in [0.5, 0.6) is 0 Å². The standard InChI is InChI=1S/C31H26F6N6O3S/c32-21-2-5-22(6-3-21)42-26-14-19-1-4-24(43(23-7-8-23)47(45,46)27-10-12-41(40-27)29(33)34)16-30(19,15-18(26)17-39-42)28(44)25-13-20(9-11-38-25)31(35,36)37/h2-3,5-6,9-14,17,23-24,29H,1,4,7-8,15-16H2/t24-,30-/m0/s1. The molecule has 47 heavy (non-hydrogen) atoms. The third kappa shape index (κ3) is 5.46. The number of carbonyl (C=O) groups excluding carboxylic acids is 1. The molecule has 0 bridgehead atoms. The molecule has 0 spiro atoms. The first-order valence-electron chi connectivity index (χ1n) is 14.8. The fourth-order valence-electron chi connectivity index (χ4n) is 6.76. The zero-order valence-corrected chi connectivity index (χ0v) is 25.2. The van der Waals surface area contributed by atoms with E-state index in [4.69, 9.17) is 0 Å². The Labute approximate surface area is 264 Å². The Kier molecular flexibility index (Phi) is 7.42. The summed E-state index contributed by atoms with van der Waals surface area (Å²) >= 11 is 0. The average molecular weight is 677 g/mol. The predicted octanol–water partition coefficient (Wildman–Crippen LogP) is 6.23. The molecule has 2 fully saturated rings. The number of hydrogen-bond donors (Lipinski definition) is 0. The fraction of sp³-hybridized carbons (Fsp3) is 0.355. The van der Waals surface area contributed by atoms with Gasteiger partial charge in [0.15, 0.2) is 10.8 Å². The van der Waals surface area contributed by atoms with Crippen LogP contribution >= 0.6 is 0 Å². The van der Waals surface area contributed by atoms with E-state index in [1.54, 1.807) is 10.8 Å². The minimum atomic E-state index is -4.74. The predicted molar refractivity (Wildman–Crippen MR) is 154 cm³/mol. The molecule has 3 aliphatic carbocycles. The Balaban J connectivity index is 1.32. The lowest BCUT2D eigenvalue weighted by atomic mass is 9.60. The maximum absolute atomic E-state index is 14.5. The maximum Gasteiger partial charge on any atom is 0.416 e. The van der Waals surface area contributed by atoms with E-state index in [2.05, 4.69) is 15.2 Å². The van der Waals surface area contributed by atoms with Gasteiger partial charge < -0.3 is 0 Å². The quantitative estimate of drug-likeness (QED) is 0.162. The number of aromatic nitrogens is 5. The van der Waals surface area contributed by atoms with E-state index in [1.807, 2.05) is 0 Å². The molecule has 1 aromatic carbocycles. The molecule has 0 amide bonds. The van der Waals surface area contributed by atoms with Crippen molar-refractivity contribution in [3.8, 4) is 5.69 Å². The lowest BCUT2D eigenvalue weighted by Gasteiger charge is -2.46. The summed E-state index contributed by atoms with van der Waals surface area (Å²) in [4.78, 5) is 18.5. The van der Waals surface area contributed by atoms with Crippen molar-refractivity contribution in [3.05, 3.63) is 95.0 Å². The van der Waals surface area contributed by atoms with Gasteiger partial charge in [-0.05, 0) is 92.6 Å². The summed E-state index contributed by atoms with van der Waals surface area (Å²) in [6.45, 7) is -3.05. The Hall–Kier alpha value is -4.31. The molecule has 7 rings (SSSR count). The Morgan fingerprint density at radius 3 is 2.45 bits per heavy atom. The molecule has 0 radical (unpaired) electrons. The van der Waals surface area contributed by atoms with Crippen LogP contribution in [0.4, 0.5) is 26.3 Å². The molecule has 4 aromatic rings. The Bertz CT molecular complexity index is 2000. The summed E-state index contributed by atoms with van der Waals surface area (Å²) in [6.07, 6.45) is 1.69. The third-order valence-electron chi connectivity index (χ3n) is 9.05. The van der Waals surface area contributed by atoms with E-state index in [0.29, 0.717) is 41.4 Å². The molecule has 9 nitrogen and oxygen atoms in total. The van der Waals surface area contributed by atoms with Crippen LogP contribution in [0.1, 0.15) is 66.0 Å². The molecule has 246 valence electrons. The van der Waals surface area contributed by atoms with Gasteiger partial charge >= 0.3 is 12.7 Å². The van der Waals surface area contributed by atoms with Crippen LogP contribution in [0.15, 0.2) is 71.7 Å². The highest BCUT2D eigenvalue weighted by Gasteiger charge is 2.54. The van der Waals surface area contributed by atoms with Gasteiger partial charge in [0, 0.05) is 24.5 Å². The summed E-state index contributed by atoms with van der Waals surface area (Å²) in [5, 5.41) is 7.49. The zero-order valence-electron chi connectivity index (χ0n) is 24.4. The van der Waals surface area contributed by atoms with Crippen molar-refractivity contribution in [1.82, 2.24) is 28.9 Å². The number of Topliss-reactive ketones (excluding diaryl/α,β-unsaturated/α-hetero) is 1. The first kappa shape index (κ1) is 31.3. The van der Waals surface area contributed by atoms with Crippen LogP contribution in [0, 0.1) is 11.2 Å². The molecular formula is C31H26F6N6O3S. The zero-order chi connectivity index (χ0) is 33.3. The van der Waals surface area contributed by atoms with Crippen LogP contribution in [0.2, 0.25) is 0 Å². The van der Waals surface area contributed by atoms with E-state index in [1.165, 1.54) is 34.8 Å². The highest BCUT2D eigenvalue weighted by Crippen LogP contribution is 2.52. The summed E-state index contributed by atoms with van der Waals surface area (Å²) < 4.78 is 112. The van der Waals surface area contributed by atoms with Gasteiger partial charge in [-0.15, -0.1) is 0 Å². The second kappa shape index (κ2) is 11.1. The number of nitrogens with zero attached hydrogens (tertiary/aromatic N) is 6. The molecule has 0 aliphatic heterocycles. The summed E-state index contributed by atoms with van der Waals surface area (Å²) in [7, 11) is -4.40. The minimum Gasteiger partial charge on any atom is -0.291 e. The highest BCUT2D eigenvalue weighted by molar-refractivity contribution is 7.89. The number of sulfonamides is 1. The molecule has 0 unspecified atom stereocenters. The van der Waals surface area contributed by atoms with Crippen LogP contribution in [-0.2, 0) is 22.6 Å². The fourth-order valence-corrected chi connectivity index (χ4v) is 8.58. The Morgan fingerprint density at radius 2 is 1.79 bits per heavy atom. The van der Waals surface area contributed by atoms with Gasteiger partial charge in [-0.2, -0.15) is 36.5 Å². The Morgan fingerprint density at radius 1 is 1.04 bits per heavy atom. The van der Waals surface area contributed by atoms with Gasteiger partial charge in [0.25, 0.3) is 10.0 Å². The van der Waals surface area contributed by atoms with Crippen molar-refractivity contribution in [2.45, 2.75) is 68.4 Å². The smallest absolute Gasteiger partial charge is 0.291 e. The van der Waals surface area contributed by atoms with Crippen molar-refractivity contribution in [3.63, 3.8) is 0 Å². The number of carbonyl (C=O) groups is 1. The van der Waals surface area contributed by atoms with Crippen molar-refractivity contribution < 1.29 is 39.6 Å². The van der Waals surface area contributed by atoms with Gasteiger partial charge in [-0.25, -0.2) is 22.2 Å². The van der Waals surface area contributed by atoms with Gasteiger partial charge in [-0.1, -0.05) is 5.57 Å². The highest BCUT2D eigenvalue weighted by atomic mass is 32.2. The van der Waals surface area contributed by atoms with E-state index in [-0.39, 0.29) is 30.4 Å². The number of halogens is 6. The topological polar surface area (TPSA) is 103 Å². The second-order valence-corrected chi connectivity index (χ2v) is 13.8. The number of fused-ring (bicyclic) bond motifs is 2. The van der Waals surface area contributed by atoms with Crippen molar-refractivity contribution in [2.24, 2.45) is 5.41 Å². The van der Waals surface area contributed by atoms with Crippen LogP contribution < -0.4 is 0 Å². The molecule has 3 heterocycles. The number of ketones is 1. The molecule has 2 atom stereocenters. The number of hydrogen-bond acceptors (Lipinski definition) is 6. The number of allylic oxidation sites excluding steroid dienone is 1. The van der Waals surface area contributed by atoms with Gasteiger partial charge in [-0.3, -0.25) is 9.78 Å². The molecule has 0 saturated heterocycles. The average Bonchev–Trinajstić information content (AvgIpc) is 3.55. The van der Waals surface area contributed by atoms with E-state index in [0.717, 1.165) is 24.5 Å². The monoisotopic (exact) mass is 676 g/mol. The van der Waals surface area contributed by atoms with E-state index >= 15 is 0 Å².